The first-order valence-corrected chi connectivity index (χ1v) is 7.07. The Morgan fingerprint density at radius 1 is 1.40 bits per heavy atom. The number of ether oxygens (including phenoxy) is 2. The molecule has 0 aromatic heterocycles. The van der Waals surface area contributed by atoms with Gasteiger partial charge < -0.3 is 14.8 Å². The SMILES string of the molecule is C=CC(=O)NCC(=O)OC1C2CCC(O2)C1OS(=O)O. The van der Waals surface area contributed by atoms with Crippen molar-refractivity contribution in [1.29, 1.82) is 0 Å². The number of hydrogen-bond donors (Lipinski definition) is 2. The maximum atomic E-state index is 11.6. The Bertz CT molecular complexity index is 440. The molecule has 5 unspecified atom stereocenters. The molecule has 8 nitrogen and oxygen atoms in total. The van der Waals surface area contributed by atoms with Crippen molar-refractivity contribution in [2.45, 2.75) is 37.3 Å². The normalized spacial score (nSPS) is 32.6. The summed E-state index contributed by atoms with van der Waals surface area (Å²) in [5.74, 6) is -1.16. The van der Waals surface area contributed by atoms with Crippen molar-refractivity contribution in [2.75, 3.05) is 6.54 Å². The van der Waals surface area contributed by atoms with Crippen LogP contribution < -0.4 is 5.32 Å². The molecule has 20 heavy (non-hydrogen) atoms. The lowest BCUT2D eigenvalue weighted by molar-refractivity contribution is -0.154. The van der Waals surface area contributed by atoms with E-state index in [2.05, 4.69) is 11.9 Å². The summed E-state index contributed by atoms with van der Waals surface area (Å²) in [6.07, 6.45) is 0.225. The zero-order valence-electron chi connectivity index (χ0n) is 10.5. The van der Waals surface area contributed by atoms with Gasteiger partial charge in [-0.15, -0.1) is 0 Å². The molecule has 1 amide bonds. The smallest absolute Gasteiger partial charge is 0.325 e. The van der Waals surface area contributed by atoms with Crippen LogP contribution in [0.5, 0.6) is 0 Å². The molecule has 2 aliphatic heterocycles. The van der Waals surface area contributed by atoms with E-state index in [1.807, 2.05) is 0 Å². The molecular formula is C11H15NO7S. The molecule has 2 bridgehead atoms. The van der Waals surface area contributed by atoms with Gasteiger partial charge >= 0.3 is 17.3 Å². The summed E-state index contributed by atoms with van der Waals surface area (Å²) in [7, 11) is 0. The van der Waals surface area contributed by atoms with Crippen molar-refractivity contribution >= 4 is 23.2 Å². The Kier molecular flexibility index (Phi) is 4.86. The monoisotopic (exact) mass is 305 g/mol. The average Bonchev–Trinajstić information content (AvgIpc) is 2.98. The standard InChI is InChI=1S/C11H15NO7S/c1-2-8(13)12-5-9(14)18-10-6-3-4-7(17-6)11(10)19-20(15)16/h2,6-7,10-11H,1,3-5H2,(H,12,13)(H,15,16). The Balaban J connectivity index is 1.89. The first-order valence-electron chi connectivity index (χ1n) is 6.04. The van der Waals surface area contributed by atoms with Crippen LogP contribution in [0.15, 0.2) is 12.7 Å². The van der Waals surface area contributed by atoms with Crippen LogP contribution >= 0.6 is 0 Å². The van der Waals surface area contributed by atoms with Gasteiger partial charge in [-0.05, 0) is 18.9 Å². The Hall–Kier alpha value is -1.29. The molecule has 2 N–H and O–H groups in total. The molecule has 9 heteroatoms. The molecule has 2 aliphatic rings. The molecule has 2 fully saturated rings. The van der Waals surface area contributed by atoms with Gasteiger partial charge in [0, 0.05) is 0 Å². The number of fused-ring (bicyclic) bond motifs is 2. The molecule has 0 radical (unpaired) electrons. The molecule has 0 aromatic carbocycles. The lowest BCUT2D eigenvalue weighted by Crippen LogP contribution is -2.44. The third-order valence-electron chi connectivity index (χ3n) is 3.20. The highest BCUT2D eigenvalue weighted by atomic mass is 32.2. The van der Waals surface area contributed by atoms with Gasteiger partial charge in [-0.2, -0.15) is 4.21 Å². The fourth-order valence-electron chi connectivity index (χ4n) is 2.38. The molecule has 0 saturated carbocycles. The second-order valence-electron chi connectivity index (χ2n) is 4.44. The molecule has 112 valence electrons. The number of carbonyl (C=O) groups excluding carboxylic acids is 2. The van der Waals surface area contributed by atoms with Crippen molar-refractivity contribution in [2.24, 2.45) is 0 Å². The van der Waals surface area contributed by atoms with Crippen molar-refractivity contribution < 1.29 is 32.0 Å². The molecule has 2 heterocycles. The van der Waals surface area contributed by atoms with Gasteiger partial charge in [0.2, 0.25) is 5.91 Å². The molecule has 2 rings (SSSR count). The van der Waals surface area contributed by atoms with E-state index >= 15 is 0 Å². The van der Waals surface area contributed by atoms with Crippen LogP contribution in [-0.2, 0) is 34.6 Å². The molecule has 0 aliphatic carbocycles. The molecular weight excluding hydrogens is 290 g/mol. The van der Waals surface area contributed by atoms with Gasteiger partial charge in [-0.3, -0.25) is 18.3 Å². The van der Waals surface area contributed by atoms with Gasteiger partial charge in [0.05, 0.1) is 12.2 Å². The Labute approximate surface area is 117 Å². The maximum Gasteiger partial charge on any atom is 0.325 e. The minimum Gasteiger partial charge on any atom is -0.455 e. The molecule has 0 spiro atoms. The number of amides is 1. The van der Waals surface area contributed by atoms with Gasteiger partial charge in [0.25, 0.3) is 0 Å². The average molecular weight is 305 g/mol. The van der Waals surface area contributed by atoms with Crippen molar-refractivity contribution in [1.82, 2.24) is 5.32 Å². The largest absolute Gasteiger partial charge is 0.455 e. The minimum absolute atomic E-state index is 0.312. The Morgan fingerprint density at radius 3 is 2.65 bits per heavy atom. The van der Waals surface area contributed by atoms with Gasteiger partial charge in [-0.1, -0.05) is 6.58 Å². The van der Waals surface area contributed by atoms with Gasteiger partial charge in [0.1, 0.15) is 12.6 Å². The van der Waals surface area contributed by atoms with Crippen LogP contribution in [0.25, 0.3) is 0 Å². The zero-order chi connectivity index (χ0) is 14.7. The van der Waals surface area contributed by atoms with Crippen LogP contribution in [0, 0.1) is 0 Å². The van der Waals surface area contributed by atoms with Crippen LogP contribution in [0.2, 0.25) is 0 Å². The lowest BCUT2D eigenvalue weighted by Gasteiger charge is -2.26. The summed E-state index contributed by atoms with van der Waals surface area (Å²) >= 11 is -2.46. The Morgan fingerprint density at radius 2 is 2.05 bits per heavy atom. The highest BCUT2D eigenvalue weighted by Gasteiger charge is 2.53. The van der Waals surface area contributed by atoms with Gasteiger partial charge in [0.15, 0.2) is 6.10 Å². The summed E-state index contributed by atoms with van der Waals surface area (Å²) < 4.78 is 35.0. The number of esters is 1. The van der Waals surface area contributed by atoms with E-state index in [-0.39, 0.29) is 18.8 Å². The highest BCUT2D eigenvalue weighted by molar-refractivity contribution is 7.74. The predicted molar refractivity (Wildman–Crippen MR) is 66.6 cm³/mol. The van der Waals surface area contributed by atoms with E-state index < -0.39 is 35.4 Å². The van der Waals surface area contributed by atoms with E-state index in [0.29, 0.717) is 12.8 Å². The van der Waals surface area contributed by atoms with Crippen molar-refractivity contribution in [3.63, 3.8) is 0 Å². The number of carbonyl (C=O) groups is 2. The molecule has 0 aromatic rings. The summed E-state index contributed by atoms with van der Waals surface area (Å²) in [6.45, 7) is 2.94. The first kappa shape index (κ1) is 15.1. The third-order valence-corrected chi connectivity index (χ3v) is 3.58. The number of hydrogen-bond acceptors (Lipinski definition) is 6. The summed E-state index contributed by atoms with van der Waals surface area (Å²) in [5.41, 5.74) is 0. The van der Waals surface area contributed by atoms with Crippen LogP contribution in [0.3, 0.4) is 0 Å². The van der Waals surface area contributed by atoms with Crippen LogP contribution in [-0.4, -0.2) is 51.6 Å². The van der Waals surface area contributed by atoms with E-state index in [0.717, 1.165) is 6.08 Å². The topological polar surface area (TPSA) is 111 Å². The quantitative estimate of drug-likeness (QED) is 0.378. The third kappa shape index (κ3) is 3.42. The number of rotatable bonds is 6. The summed E-state index contributed by atoms with van der Waals surface area (Å²) in [6, 6.07) is 0. The first-order chi connectivity index (χ1) is 9.51. The van der Waals surface area contributed by atoms with Gasteiger partial charge in [-0.25, -0.2) is 0 Å². The van der Waals surface area contributed by atoms with Crippen molar-refractivity contribution in [3.05, 3.63) is 12.7 Å². The number of nitrogens with one attached hydrogen (secondary N) is 1. The highest BCUT2D eigenvalue weighted by Crippen LogP contribution is 2.38. The van der Waals surface area contributed by atoms with E-state index in [9.17, 15) is 13.8 Å². The second-order valence-corrected chi connectivity index (χ2v) is 5.07. The molecule has 5 atom stereocenters. The summed E-state index contributed by atoms with van der Waals surface area (Å²) in [4.78, 5) is 22.5. The van der Waals surface area contributed by atoms with Crippen molar-refractivity contribution in [3.8, 4) is 0 Å². The fraction of sp³-hybridized carbons (Fsp3) is 0.636. The van der Waals surface area contributed by atoms with E-state index in [1.165, 1.54) is 0 Å². The predicted octanol–water partition coefficient (Wildman–Crippen LogP) is -0.717. The van der Waals surface area contributed by atoms with E-state index in [4.69, 9.17) is 18.2 Å². The van der Waals surface area contributed by atoms with Crippen LogP contribution in [0.4, 0.5) is 0 Å². The minimum atomic E-state index is -2.46. The zero-order valence-corrected chi connectivity index (χ0v) is 11.3. The molecule has 2 saturated heterocycles. The fourth-order valence-corrected chi connectivity index (χ4v) is 2.80. The summed E-state index contributed by atoms with van der Waals surface area (Å²) in [5, 5.41) is 2.28. The maximum absolute atomic E-state index is 11.6. The van der Waals surface area contributed by atoms with Crippen LogP contribution in [0.1, 0.15) is 12.8 Å². The van der Waals surface area contributed by atoms with E-state index in [1.54, 1.807) is 0 Å². The lowest BCUT2D eigenvalue weighted by atomic mass is 9.95. The second kappa shape index (κ2) is 6.44.